The summed E-state index contributed by atoms with van der Waals surface area (Å²) in [6, 6.07) is 19.3. The molecule has 2 unspecified atom stereocenters. The molecule has 3 aromatic carbocycles. The van der Waals surface area contributed by atoms with Crippen LogP contribution in [0, 0.1) is 0 Å². The number of ether oxygens (including phenoxy) is 5. The third-order valence-electron chi connectivity index (χ3n) is 8.18. The summed E-state index contributed by atoms with van der Waals surface area (Å²) in [6.07, 6.45) is 1.43. The Morgan fingerprint density at radius 1 is 0.864 bits per heavy atom. The minimum Gasteiger partial charge on any atom is -0.493 e. The van der Waals surface area contributed by atoms with Crippen molar-refractivity contribution in [1.29, 1.82) is 0 Å². The van der Waals surface area contributed by atoms with E-state index in [2.05, 4.69) is 21.2 Å². The molecule has 3 aromatic rings. The number of hydrogen-bond acceptors (Lipinski definition) is 8. The first-order chi connectivity index (χ1) is 21.3. The van der Waals surface area contributed by atoms with E-state index in [1.807, 2.05) is 67.6 Å². The number of halogens is 1. The van der Waals surface area contributed by atoms with Gasteiger partial charge in [-0.2, -0.15) is 0 Å². The zero-order valence-electron chi connectivity index (χ0n) is 25.5. The molecule has 5 rings (SSSR count). The van der Waals surface area contributed by atoms with Gasteiger partial charge in [0.15, 0.2) is 28.8 Å². The summed E-state index contributed by atoms with van der Waals surface area (Å²) < 4.78 is 28.6. The van der Waals surface area contributed by atoms with Crippen LogP contribution in [0.2, 0.25) is 0 Å². The molecule has 2 atom stereocenters. The maximum Gasteiger partial charge on any atom is 0.336 e. The average molecular weight is 663 g/mol. The van der Waals surface area contributed by atoms with Gasteiger partial charge in [0.25, 0.3) is 0 Å². The van der Waals surface area contributed by atoms with Crippen LogP contribution in [0.4, 0.5) is 0 Å². The molecule has 8 nitrogen and oxygen atoms in total. The number of carbonyl (C=O) groups is 2. The standard InChI is InChI=1S/C35H36BrNO7/c1-20-31(35(39)44-14-13-21-9-7-6-8-10-21)32(24-15-25(36)34(43-5)30(19-24)42-4)33-26(37-20)16-23(17-27(33)38)22-11-12-28(40-2)29(18-22)41-3/h6-12,15,18-19,23,32,37H,13-14,16-17H2,1-5H3. The molecule has 0 spiro atoms. The highest BCUT2D eigenvalue weighted by Crippen LogP contribution is 2.49. The molecule has 0 aromatic heterocycles. The molecule has 0 saturated heterocycles. The van der Waals surface area contributed by atoms with Crippen LogP contribution in [0.1, 0.15) is 48.3 Å². The van der Waals surface area contributed by atoms with E-state index >= 15 is 0 Å². The van der Waals surface area contributed by atoms with E-state index in [0.29, 0.717) is 57.2 Å². The number of rotatable bonds is 10. The Bertz CT molecular complexity index is 1630. The number of allylic oxidation sites excluding steroid dienone is 3. The lowest BCUT2D eigenvalue weighted by Gasteiger charge is -2.37. The van der Waals surface area contributed by atoms with Gasteiger partial charge in [-0.05, 0) is 76.1 Å². The Kier molecular flexibility index (Phi) is 9.64. The van der Waals surface area contributed by atoms with E-state index in [9.17, 15) is 9.59 Å². The van der Waals surface area contributed by atoms with Crippen LogP contribution < -0.4 is 24.3 Å². The van der Waals surface area contributed by atoms with E-state index in [4.69, 9.17) is 23.7 Å². The third-order valence-corrected chi connectivity index (χ3v) is 8.77. The lowest BCUT2D eigenvalue weighted by molar-refractivity contribution is -0.139. The second-order valence-corrected chi connectivity index (χ2v) is 11.6. The maximum absolute atomic E-state index is 14.1. The van der Waals surface area contributed by atoms with Gasteiger partial charge in [0.05, 0.1) is 45.1 Å². The van der Waals surface area contributed by atoms with Crippen molar-refractivity contribution in [2.75, 3.05) is 35.0 Å². The van der Waals surface area contributed by atoms with E-state index in [1.165, 1.54) is 0 Å². The molecule has 0 amide bonds. The van der Waals surface area contributed by atoms with Crippen LogP contribution in [-0.4, -0.2) is 46.8 Å². The predicted molar refractivity (Wildman–Crippen MR) is 170 cm³/mol. The maximum atomic E-state index is 14.1. The molecule has 0 radical (unpaired) electrons. The molecule has 1 heterocycles. The molecular weight excluding hydrogens is 626 g/mol. The SMILES string of the molecule is COc1ccc(C2CC(=O)C3=C(C2)NC(C)=C(C(=O)OCCc2ccccc2)C3c2cc(Br)c(OC)c(OC)c2)cc1OC. The summed E-state index contributed by atoms with van der Waals surface area (Å²) in [5.74, 6) is 0.985. The molecule has 9 heteroatoms. The van der Waals surface area contributed by atoms with Gasteiger partial charge >= 0.3 is 5.97 Å². The highest BCUT2D eigenvalue weighted by atomic mass is 79.9. The molecular formula is C35H36BrNO7. The van der Waals surface area contributed by atoms with Crippen molar-refractivity contribution in [3.63, 3.8) is 0 Å². The first kappa shape index (κ1) is 31.2. The van der Waals surface area contributed by atoms with Crippen molar-refractivity contribution in [3.05, 3.63) is 104 Å². The number of nitrogens with one attached hydrogen (secondary N) is 1. The molecule has 0 bridgehead atoms. The fraction of sp³-hybridized carbons (Fsp3) is 0.314. The van der Waals surface area contributed by atoms with Gasteiger partial charge in [-0.15, -0.1) is 0 Å². The number of methoxy groups -OCH3 is 4. The smallest absolute Gasteiger partial charge is 0.336 e. The van der Waals surface area contributed by atoms with Crippen molar-refractivity contribution in [3.8, 4) is 23.0 Å². The van der Waals surface area contributed by atoms with E-state index in [0.717, 1.165) is 22.4 Å². The van der Waals surface area contributed by atoms with Gasteiger partial charge in [-0.3, -0.25) is 4.79 Å². The normalized spacial score (nSPS) is 17.9. The van der Waals surface area contributed by atoms with Gasteiger partial charge in [0.2, 0.25) is 0 Å². The largest absolute Gasteiger partial charge is 0.493 e. The minimum absolute atomic E-state index is 0.0449. The predicted octanol–water partition coefficient (Wildman–Crippen LogP) is 6.63. The highest BCUT2D eigenvalue weighted by molar-refractivity contribution is 9.10. The number of benzene rings is 3. The highest BCUT2D eigenvalue weighted by Gasteiger charge is 2.42. The fourth-order valence-electron chi connectivity index (χ4n) is 6.07. The summed E-state index contributed by atoms with van der Waals surface area (Å²) in [5, 5.41) is 3.42. The van der Waals surface area contributed by atoms with Crippen LogP contribution in [0.25, 0.3) is 0 Å². The summed E-state index contributed by atoms with van der Waals surface area (Å²) in [6.45, 7) is 2.06. The van der Waals surface area contributed by atoms with Crippen molar-refractivity contribution in [2.45, 2.75) is 38.0 Å². The molecule has 0 fully saturated rings. The Hall–Kier alpha value is -4.24. The first-order valence-electron chi connectivity index (χ1n) is 14.4. The zero-order valence-corrected chi connectivity index (χ0v) is 27.1. The molecule has 0 saturated carbocycles. The van der Waals surface area contributed by atoms with Gasteiger partial charge in [-0.25, -0.2) is 4.79 Å². The molecule has 1 aliphatic heterocycles. The van der Waals surface area contributed by atoms with Crippen LogP contribution >= 0.6 is 15.9 Å². The Balaban J connectivity index is 1.53. The quantitative estimate of drug-likeness (QED) is 0.242. The number of dihydropyridines is 1. The number of ketones is 1. The summed E-state index contributed by atoms with van der Waals surface area (Å²) >= 11 is 3.60. The van der Waals surface area contributed by atoms with Crippen LogP contribution in [0.3, 0.4) is 0 Å². The minimum atomic E-state index is -0.662. The Labute approximate surface area is 266 Å². The molecule has 1 N–H and O–H groups in total. The van der Waals surface area contributed by atoms with Crippen molar-refractivity contribution in [1.82, 2.24) is 5.32 Å². The van der Waals surface area contributed by atoms with Crippen molar-refractivity contribution >= 4 is 27.7 Å². The van der Waals surface area contributed by atoms with Gasteiger partial charge in [0.1, 0.15) is 0 Å². The van der Waals surface area contributed by atoms with Crippen LogP contribution in [0.5, 0.6) is 23.0 Å². The van der Waals surface area contributed by atoms with Crippen molar-refractivity contribution < 1.29 is 33.3 Å². The Morgan fingerprint density at radius 2 is 1.57 bits per heavy atom. The molecule has 230 valence electrons. The fourth-order valence-corrected chi connectivity index (χ4v) is 6.70. The number of esters is 1. The zero-order chi connectivity index (χ0) is 31.4. The van der Waals surface area contributed by atoms with Gasteiger partial charge in [-0.1, -0.05) is 36.4 Å². The van der Waals surface area contributed by atoms with E-state index in [1.54, 1.807) is 28.4 Å². The summed E-state index contributed by atoms with van der Waals surface area (Å²) in [4.78, 5) is 27.9. The molecule has 2 aliphatic rings. The number of hydrogen-bond donors (Lipinski definition) is 1. The third kappa shape index (κ3) is 6.19. The molecule has 1 aliphatic carbocycles. The lowest BCUT2D eigenvalue weighted by Crippen LogP contribution is -2.36. The Morgan fingerprint density at radius 3 is 2.25 bits per heavy atom. The second-order valence-electron chi connectivity index (χ2n) is 10.7. The van der Waals surface area contributed by atoms with Gasteiger partial charge in [0, 0.05) is 35.7 Å². The number of carbonyl (C=O) groups excluding carboxylic acids is 2. The van der Waals surface area contributed by atoms with E-state index < -0.39 is 11.9 Å². The second kappa shape index (κ2) is 13.6. The summed E-state index contributed by atoms with van der Waals surface area (Å²) in [5.41, 5.74) is 5.15. The van der Waals surface area contributed by atoms with E-state index in [-0.39, 0.29) is 24.7 Å². The summed E-state index contributed by atoms with van der Waals surface area (Å²) in [7, 11) is 6.31. The van der Waals surface area contributed by atoms with Gasteiger partial charge < -0.3 is 29.0 Å². The molecule has 44 heavy (non-hydrogen) atoms. The topological polar surface area (TPSA) is 92.3 Å². The van der Waals surface area contributed by atoms with Crippen molar-refractivity contribution in [2.24, 2.45) is 0 Å². The average Bonchev–Trinajstić information content (AvgIpc) is 3.03. The first-order valence-corrected chi connectivity index (χ1v) is 15.2. The van der Waals surface area contributed by atoms with Crippen LogP contribution in [-0.2, 0) is 20.7 Å². The monoisotopic (exact) mass is 661 g/mol. The lowest BCUT2D eigenvalue weighted by atomic mass is 9.71. The number of Topliss-reactive ketones (excluding diaryl/α,β-unsaturated/α-hetero) is 1. The van der Waals surface area contributed by atoms with Crippen LogP contribution in [0.15, 0.2) is 87.7 Å².